The Bertz CT molecular complexity index is 868. The van der Waals surface area contributed by atoms with Crippen molar-refractivity contribution in [2.24, 2.45) is 0 Å². The summed E-state index contributed by atoms with van der Waals surface area (Å²) in [5.41, 5.74) is 0.727. The number of aromatic nitrogens is 1. The fourth-order valence-corrected chi connectivity index (χ4v) is 2.34. The predicted octanol–water partition coefficient (Wildman–Crippen LogP) is 4.12. The molecule has 1 amide bonds. The summed E-state index contributed by atoms with van der Waals surface area (Å²) in [7, 11) is 1.55. The molecule has 0 saturated carbocycles. The maximum absolute atomic E-state index is 12.1. The van der Waals surface area contributed by atoms with Gasteiger partial charge in [0, 0.05) is 12.3 Å². The van der Waals surface area contributed by atoms with Crippen LogP contribution in [0, 0.1) is 0 Å². The van der Waals surface area contributed by atoms with Crippen molar-refractivity contribution in [3.63, 3.8) is 0 Å². The number of hydrogen-bond acceptors (Lipinski definition) is 6. The minimum Gasteiger partial charge on any atom is -0.493 e. The van der Waals surface area contributed by atoms with Gasteiger partial charge in [-0.05, 0) is 49.2 Å². The normalized spacial score (nSPS) is 11.7. The van der Waals surface area contributed by atoms with E-state index < -0.39 is 18.0 Å². The van der Waals surface area contributed by atoms with Crippen molar-refractivity contribution in [3.8, 4) is 11.5 Å². The molecule has 0 spiro atoms. The molecule has 154 valence electrons. The molecule has 29 heavy (non-hydrogen) atoms. The number of carbonyl (C=O) groups is 2. The molecule has 2 aromatic rings. The van der Waals surface area contributed by atoms with Gasteiger partial charge in [0.05, 0.1) is 18.7 Å². The van der Waals surface area contributed by atoms with E-state index in [1.54, 1.807) is 43.5 Å². The highest BCUT2D eigenvalue weighted by Crippen LogP contribution is 2.28. The maximum Gasteiger partial charge on any atom is 0.331 e. The molecule has 0 aliphatic carbocycles. The molecular weight excluding hydrogens is 396 g/mol. The van der Waals surface area contributed by atoms with Crippen LogP contribution < -0.4 is 14.8 Å². The van der Waals surface area contributed by atoms with Gasteiger partial charge in [-0.1, -0.05) is 24.6 Å². The van der Waals surface area contributed by atoms with Crippen LogP contribution in [0.15, 0.2) is 42.6 Å². The maximum atomic E-state index is 12.1. The van der Waals surface area contributed by atoms with Gasteiger partial charge >= 0.3 is 5.97 Å². The quantitative estimate of drug-likeness (QED) is 0.487. The summed E-state index contributed by atoms with van der Waals surface area (Å²) in [5.74, 6) is 0.366. The Hall–Kier alpha value is -3.06. The summed E-state index contributed by atoms with van der Waals surface area (Å²) in [4.78, 5) is 28.1. The molecule has 2 rings (SSSR count). The number of hydrogen-bond donors (Lipinski definition) is 1. The van der Waals surface area contributed by atoms with E-state index in [2.05, 4.69) is 10.3 Å². The molecule has 7 nitrogen and oxygen atoms in total. The first-order valence-corrected chi connectivity index (χ1v) is 9.42. The van der Waals surface area contributed by atoms with Gasteiger partial charge in [-0.25, -0.2) is 9.78 Å². The lowest BCUT2D eigenvalue weighted by molar-refractivity contribution is -0.148. The third-order valence-corrected chi connectivity index (χ3v) is 3.93. The third-order valence-electron chi connectivity index (χ3n) is 3.70. The van der Waals surface area contributed by atoms with Crippen molar-refractivity contribution in [3.05, 3.63) is 53.2 Å². The second-order valence-corrected chi connectivity index (χ2v) is 6.46. The summed E-state index contributed by atoms with van der Waals surface area (Å²) in [6, 6.07) is 8.46. The lowest BCUT2D eigenvalue weighted by atomic mass is 10.2. The zero-order chi connectivity index (χ0) is 21.2. The fraction of sp³-hybridized carbons (Fsp3) is 0.286. The number of methoxy groups -OCH3 is 1. The molecule has 0 aliphatic heterocycles. The number of anilines is 1. The molecule has 1 aromatic carbocycles. The summed E-state index contributed by atoms with van der Waals surface area (Å²) in [6.07, 6.45) is 4.11. The summed E-state index contributed by atoms with van der Waals surface area (Å²) < 4.78 is 16.0. The molecule has 1 N–H and O–H groups in total. The highest BCUT2D eigenvalue weighted by atomic mass is 35.5. The largest absolute Gasteiger partial charge is 0.493 e. The molecule has 0 radical (unpaired) electrons. The van der Waals surface area contributed by atoms with E-state index in [0.717, 1.165) is 12.0 Å². The van der Waals surface area contributed by atoms with E-state index in [1.807, 2.05) is 6.92 Å². The van der Waals surface area contributed by atoms with E-state index in [9.17, 15) is 9.59 Å². The topological polar surface area (TPSA) is 86.8 Å². The first kappa shape index (κ1) is 22.2. The van der Waals surface area contributed by atoms with Crippen LogP contribution in [0.25, 0.3) is 6.08 Å². The molecule has 0 fully saturated rings. The first-order chi connectivity index (χ1) is 13.9. The van der Waals surface area contributed by atoms with Crippen LogP contribution in [-0.2, 0) is 14.3 Å². The Kier molecular flexibility index (Phi) is 8.48. The van der Waals surface area contributed by atoms with Crippen molar-refractivity contribution in [1.82, 2.24) is 4.98 Å². The van der Waals surface area contributed by atoms with Crippen LogP contribution in [-0.4, -0.2) is 36.7 Å². The lowest BCUT2D eigenvalue weighted by Gasteiger charge is -2.12. The predicted molar refractivity (Wildman–Crippen MR) is 111 cm³/mol. The molecule has 0 aliphatic rings. The van der Waals surface area contributed by atoms with Gasteiger partial charge in [0.2, 0.25) is 0 Å². The minimum absolute atomic E-state index is 0.315. The Morgan fingerprint density at radius 2 is 2.03 bits per heavy atom. The average molecular weight is 419 g/mol. The van der Waals surface area contributed by atoms with E-state index in [1.165, 1.54) is 19.2 Å². The highest BCUT2D eigenvalue weighted by molar-refractivity contribution is 6.30. The van der Waals surface area contributed by atoms with Crippen molar-refractivity contribution >= 4 is 35.4 Å². The number of rotatable bonds is 9. The highest BCUT2D eigenvalue weighted by Gasteiger charge is 2.17. The first-order valence-electron chi connectivity index (χ1n) is 9.05. The molecule has 0 bridgehead atoms. The number of esters is 1. The molecule has 1 heterocycles. The lowest BCUT2D eigenvalue weighted by Crippen LogP contribution is -2.29. The number of ether oxygens (including phenoxy) is 3. The van der Waals surface area contributed by atoms with Crippen LogP contribution in [0.2, 0.25) is 5.02 Å². The monoisotopic (exact) mass is 418 g/mol. The molecule has 0 unspecified atom stereocenters. The molecule has 8 heteroatoms. The Balaban J connectivity index is 1.92. The SMILES string of the molecule is CCCOc1ccc(/C=C/C(=O)O[C@@H](C)C(=O)Nc2ccc(Cl)cn2)cc1OC. The number of carbonyl (C=O) groups excluding carboxylic acids is 2. The summed E-state index contributed by atoms with van der Waals surface area (Å²) in [6.45, 7) is 4.08. The average Bonchev–Trinajstić information content (AvgIpc) is 2.72. The fourth-order valence-electron chi connectivity index (χ4n) is 2.23. The smallest absolute Gasteiger partial charge is 0.331 e. The second-order valence-electron chi connectivity index (χ2n) is 6.02. The number of halogens is 1. The van der Waals surface area contributed by atoms with E-state index in [0.29, 0.717) is 28.9 Å². The van der Waals surface area contributed by atoms with Crippen molar-refractivity contribution in [2.45, 2.75) is 26.4 Å². The summed E-state index contributed by atoms with van der Waals surface area (Å²) >= 11 is 5.75. The Morgan fingerprint density at radius 3 is 2.69 bits per heavy atom. The van der Waals surface area contributed by atoms with E-state index >= 15 is 0 Å². The van der Waals surface area contributed by atoms with Crippen molar-refractivity contribution < 1.29 is 23.8 Å². The standard InChI is InChI=1S/C21H23ClN2O5/c1-4-11-28-17-8-5-15(12-18(17)27-3)6-10-20(25)29-14(2)21(26)24-19-9-7-16(22)13-23-19/h5-10,12-14H,4,11H2,1-3H3,(H,23,24,26)/b10-6+/t14-/m0/s1. The number of amides is 1. The number of pyridine rings is 1. The van der Waals surface area contributed by atoms with E-state index in [-0.39, 0.29) is 0 Å². The number of nitrogens with one attached hydrogen (secondary N) is 1. The van der Waals surface area contributed by atoms with E-state index in [4.69, 9.17) is 25.8 Å². The van der Waals surface area contributed by atoms with Crippen LogP contribution in [0.1, 0.15) is 25.8 Å². The Labute approximate surface area is 174 Å². The zero-order valence-electron chi connectivity index (χ0n) is 16.5. The van der Waals surface area contributed by atoms with Gasteiger partial charge in [-0.15, -0.1) is 0 Å². The van der Waals surface area contributed by atoms with Gasteiger partial charge in [0.25, 0.3) is 5.91 Å². The minimum atomic E-state index is -0.996. The Morgan fingerprint density at radius 1 is 1.24 bits per heavy atom. The van der Waals surface area contributed by atoms with Crippen LogP contribution in [0.4, 0.5) is 5.82 Å². The van der Waals surface area contributed by atoms with Gasteiger partial charge in [0.15, 0.2) is 17.6 Å². The number of benzene rings is 1. The van der Waals surface area contributed by atoms with Gasteiger partial charge in [-0.3, -0.25) is 4.79 Å². The zero-order valence-corrected chi connectivity index (χ0v) is 17.2. The van der Waals surface area contributed by atoms with Crippen LogP contribution >= 0.6 is 11.6 Å². The van der Waals surface area contributed by atoms with Crippen LogP contribution in [0.3, 0.4) is 0 Å². The van der Waals surface area contributed by atoms with Gasteiger partial charge in [0.1, 0.15) is 5.82 Å². The molecule has 0 saturated heterocycles. The second kappa shape index (κ2) is 11.1. The van der Waals surface area contributed by atoms with Crippen molar-refractivity contribution in [2.75, 3.05) is 19.0 Å². The van der Waals surface area contributed by atoms with Gasteiger partial charge < -0.3 is 19.5 Å². The van der Waals surface area contributed by atoms with Gasteiger partial charge in [-0.2, -0.15) is 0 Å². The molecule has 1 aromatic heterocycles. The van der Waals surface area contributed by atoms with Crippen molar-refractivity contribution in [1.29, 1.82) is 0 Å². The summed E-state index contributed by atoms with van der Waals surface area (Å²) in [5, 5.41) is 3.00. The van der Waals surface area contributed by atoms with Crippen LogP contribution in [0.5, 0.6) is 11.5 Å². The molecular formula is C21H23ClN2O5. The third kappa shape index (κ3) is 7.12. The number of nitrogens with zero attached hydrogens (tertiary/aromatic N) is 1. The molecule has 1 atom stereocenters.